The minimum absolute atomic E-state index is 0.0963. The normalized spacial score (nSPS) is 23.0. The van der Waals surface area contributed by atoms with Crippen molar-refractivity contribution >= 4 is 5.91 Å². The van der Waals surface area contributed by atoms with Crippen LogP contribution in [0.2, 0.25) is 0 Å². The van der Waals surface area contributed by atoms with Crippen LogP contribution >= 0.6 is 0 Å². The number of nitrogens with zero attached hydrogens (tertiary/aromatic N) is 1. The molecule has 1 aliphatic rings. The summed E-state index contributed by atoms with van der Waals surface area (Å²) in [6.45, 7) is 7.19. The van der Waals surface area contributed by atoms with Crippen LogP contribution in [-0.4, -0.2) is 47.2 Å². The molecule has 1 rings (SSSR count). The van der Waals surface area contributed by atoms with Crippen molar-refractivity contribution in [2.45, 2.75) is 64.6 Å². The molecule has 2 N–H and O–H groups in total. The summed E-state index contributed by atoms with van der Waals surface area (Å²) < 4.78 is 0. The van der Waals surface area contributed by atoms with Crippen LogP contribution in [0.15, 0.2) is 0 Å². The Kier molecular flexibility index (Phi) is 5.92. The fourth-order valence-electron chi connectivity index (χ4n) is 2.53. The lowest BCUT2D eigenvalue weighted by Gasteiger charge is -2.29. The highest BCUT2D eigenvalue weighted by atomic mass is 16.3. The van der Waals surface area contributed by atoms with E-state index in [9.17, 15) is 9.90 Å². The highest BCUT2D eigenvalue weighted by Crippen LogP contribution is 2.19. The van der Waals surface area contributed by atoms with E-state index in [1.165, 1.54) is 0 Å². The largest absolute Gasteiger partial charge is 0.395 e. The van der Waals surface area contributed by atoms with Gasteiger partial charge in [-0.3, -0.25) is 9.69 Å². The Morgan fingerprint density at radius 1 is 1.47 bits per heavy atom. The number of rotatable bonds is 6. The number of hydrogen-bond donors (Lipinski definition) is 2. The maximum atomic E-state index is 12.1. The first-order valence-electron chi connectivity index (χ1n) is 6.80. The number of aliphatic hydroxyl groups excluding tert-OH is 1. The van der Waals surface area contributed by atoms with Gasteiger partial charge in [-0.05, 0) is 39.2 Å². The Balaban J connectivity index is 2.50. The summed E-state index contributed by atoms with van der Waals surface area (Å²) in [6.07, 6.45) is 4.02. The molecule has 17 heavy (non-hydrogen) atoms. The monoisotopic (exact) mass is 242 g/mol. The minimum Gasteiger partial charge on any atom is -0.395 e. The van der Waals surface area contributed by atoms with Gasteiger partial charge in [0.1, 0.15) is 0 Å². The van der Waals surface area contributed by atoms with E-state index < -0.39 is 0 Å². The van der Waals surface area contributed by atoms with E-state index in [1.54, 1.807) is 0 Å². The quantitative estimate of drug-likeness (QED) is 0.734. The van der Waals surface area contributed by atoms with Crippen molar-refractivity contribution in [2.75, 3.05) is 13.2 Å². The summed E-state index contributed by atoms with van der Waals surface area (Å²) in [6, 6.07) is 0.313. The third kappa shape index (κ3) is 3.68. The van der Waals surface area contributed by atoms with Crippen molar-refractivity contribution in [1.29, 1.82) is 0 Å². The third-order valence-electron chi connectivity index (χ3n) is 3.84. The van der Waals surface area contributed by atoms with E-state index in [-0.39, 0.29) is 30.6 Å². The number of likely N-dealkylation sites (tertiary alicyclic amines) is 1. The standard InChI is InChI=1S/C13H26N2O2/c1-4-11(5-2)14-13(17)10(3)15-8-6-7-12(15)9-16/h10-12,16H,4-9H2,1-3H3,(H,14,17). The maximum absolute atomic E-state index is 12.1. The molecule has 1 fully saturated rings. The van der Waals surface area contributed by atoms with Crippen molar-refractivity contribution in [3.63, 3.8) is 0 Å². The molecule has 0 spiro atoms. The zero-order valence-electron chi connectivity index (χ0n) is 11.3. The Morgan fingerprint density at radius 3 is 2.65 bits per heavy atom. The van der Waals surface area contributed by atoms with Crippen LogP contribution in [0.1, 0.15) is 46.5 Å². The van der Waals surface area contributed by atoms with Crippen molar-refractivity contribution in [2.24, 2.45) is 0 Å². The molecule has 1 aliphatic heterocycles. The average molecular weight is 242 g/mol. The van der Waals surface area contributed by atoms with Crippen LogP contribution in [0.3, 0.4) is 0 Å². The number of nitrogens with one attached hydrogen (secondary N) is 1. The third-order valence-corrected chi connectivity index (χ3v) is 3.84. The van der Waals surface area contributed by atoms with E-state index in [0.29, 0.717) is 0 Å². The second kappa shape index (κ2) is 6.97. The molecule has 0 aromatic rings. The molecule has 0 aromatic heterocycles. The van der Waals surface area contributed by atoms with Gasteiger partial charge < -0.3 is 10.4 Å². The zero-order chi connectivity index (χ0) is 12.8. The first-order valence-corrected chi connectivity index (χ1v) is 6.80. The predicted molar refractivity (Wildman–Crippen MR) is 68.8 cm³/mol. The molecule has 1 saturated heterocycles. The second-order valence-corrected chi connectivity index (χ2v) is 4.91. The van der Waals surface area contributed by atoms with Gasteiger partial charge in [-0.1, -0.05) is 13.8 Å². The molecule has 0 radical (unpaired) electrons. The summed E-state index contributed by atoms with van der Waals surface area (Å²) in [5.41, 5.74) is 0. The van der Waals surface area contributed by atoms with Gasteiger partial charge in [0.2, 0.25) is 5.91 Å². The summed E-state index contributed by atoms with van der Waals surface area (Å²) in [5.74, 6) is 0.0963. The molecule has 0 aromatic carbocycles. The molecule has 2 atom stereocenters. The number of aliphatic hydroxyl groups is 1. The molecule has 100 valence electrons. The molecule has 2 unspecified atom stereocenters. The Labute approximate surface area is 104 Å². The van der Waals surface area contributed by atoms with Crippen LogP contribution in [-0.2, 0) is 4.79 Å². The SMILES string of the molecule is CCC(CC)NC(=O)C(C)N1CCCC1CO. The van der Waals surface area contributed by atoms with Crippen molar-refractivity contribution in [3.8, 4) is 0 Å². The Hall–Kier alpha value is -0.610. The minimum atomic E-state index is -0.129. The van der Waals surface area contributed by atoms with Crippen LogP contribution in [0.5, 0.6) is 0 Å². The first-order chi connectivity index (χ1) is 8.13. The molecular weight excluding hydrogens is 216 g/mol. The van der Waals surface area contributed by atoms with Gasteiger partial charge in [0, 0.05) is 12.1 Å². The second-order valence-electron chi connectivity index (χ2n) is 4.91. The Bertz CT molecular complexity index is 242. The van der Waals surface area contributed by atoms with Gasteiger partial charge in [-0.2, -0.15) is 0 Å². The lowest BCUT2D eigenvalue weighted by molar-refractivity contribution is -0.127. The van der Waals surface area contributed by atoms with Crippen molar-refractivity contribution < 1.29 is 9.90 Å². The number of amides is 1. The van der Waals surface area contributed by atoms with Gasteiger partial charge in [-0.25, -0.2) is 0 Å². The van der Waals surface area contributed by atoms with E-state index in [1.807, 2.05) is 6.92 Å². The highest BCUT2D eigenvalue weighted by molar-refractivity contribution is 5.81. The van der Waals surface area contributed by atoms with E-state index in [0.717, 1.165) is 32.2 Å². The van der Waals surface area contributed by atoms with Crippen LogP contribution in [0.25, 0.3) is 0 Å². The fourth-order valence-corrected chi connectivity index (χ4v) is 2.53. The summed E-state index contributed by atoms with van der Waals surface area (Å²) in [5, 5.41) is 12.3. The smallest absolute Gasteiger partial charge is 0.237 e. The molecule has 1 heterocycles. The summed E-state index contributed by atoms with van der Waals surface area (Å²) in [7, 11) is 0. The predicted octanol–water partition coefficient (Wildman–Crippen LogP) is 1.14. The van der Waals surface area contributed by atoms with Crippen LogP contribution in [0, 0.1) is 0 Å². The lowest BCUT2D eigenvalue weighted by atomic mass is 10.1. The van der Waals surface area contributed by atoms with E-state index >= 15 is 0 Å². The van der Waals surface area contributed by atoms with Gasteiger partial charge in [0.05, 0.1) is 12.6 Å². The van der Waals surface area contributed by atoms with E-state index in [2.05, 4.69) is 24.1 Å². The maximum Gasteiger partial charge on any atom is 0.237 e. The van der Waals surface area contributed by atoms with Crippen LogP contribution < -0.4 is 5.32 Å². The molecule has 4 nitrogen and oxygen atoms in total. The van der Waals surface area contributed by atoms with Crippen molar-refractivity contribution in [3.05, 3.63) is 0 Å². The molecule has 0 saturated carbocycles. The molecule has 0 bridgehead atoms. The van der Waals surface area contributed by atoms with Gasteiger partial charge in [0.25, 0.3) is 0 Å². The van der Waals surface area contributed by atoms with Gasteiger partial charge >= 0.3 is 0 Å². The zero-order valence-corrected chi connectivity index (χ0v) is 11.3. The van der Waals surface area contributed by atoms with Gasteiger partial charge in [0.15, 0.2) is 0 Å². The average Bonchev–Trinajstić information content (AvgIpc) is 2.82. The van der Waals surface area contributed by atoms with Crippen molar-refractivity contribution in [1.82, 2.24) is 10.2 Å². The first kappa shape index (κ1) is 14.5. The number of carbonyl (C=O) groups excluding carboxylic acids is 1. The van der Waals surface area contributed by atoms with Gasteiger partial charge in [-0.15, -0.1) is 0 Å². The molecule has 0 aliphatic carbocycles. The summed E-state index contributed by atoms with van der Waals surface area (Å²) in [4.78, 5) is 14.2. The Morgan fingerprint density at radius 2 is 2.12 bits per heavy atom. The van der Waals surface area contributed by atoms with E-state index in [4.69, 9.17) is 0 Å². The number of hydrogen-bond acceptors (Lipinski definition) is 3. The lowest BCUT2D eigenvalue weighted by Crippen LogP contribution is -2.50. The molecule has 4 heteroatoms. The summed E-state index contributed by atoms with van der Waals surface area (Å²) >= 11 is 0. The number of carbonyl (C=O) groups is 1. The topological polar surface area (TPSA) is 52.6 Å². The van der Waals surface area contributed by atoms with Crippen LogP contribution in [0.4, 0.5) is 0 Å². The highest BCUT2D eigenvalue weighted by Gasteiger charge is 2.31. The fraction of sp³-hybridized carbons (Fsp3) is 0.923. The molecule has 1 amide bonds. The molecular formula is C13H26N2O2.